The van der Waals surface area contributed by atoms with Gasteiger partial charge in [0.1, 0.15) is 0 Å². The molecule has 1 amide bonds. The van der Waals surface area contributed by atoms with E-state index in [1.54, 1.807) is 0 Å². The fraction of sp³-hybridized carbons (Fsp3) is 0.320. The van der Waals surface area contributed by atoms with Gasteiger partial charge >= 0.3 is 0 Å². The van der Waals surface area contributed by atoms with E-state index in [0.29, 0.717) is 12.5 Å². The van der Waals surface area contributed by atoms with Crippen LogP contribution in [0.1, 0.15) is 36.0 Å². The Bertz CT molecular complexity index is 986. The minimum atomic E-state index is 0.0897. The molecule has 0 bridgehead atoms. The number of carbonyl (C=O) groups excluding carboxylic acids is 1. The number of aryl methyl sites for hydroxylation is 2. The number of amides is 1. The van der Waals surface area contributed by atoms with Crippen LogP contribution < -0.4 is 5.32 Å². The molecule has 4 rings (SSSR count). The van der Waals surface area contributed by atoms with Gasteiger partial charge in [0.15, 0.2) is 0 Å². The van der Waals surface area contributed by atoms with Crippen LogP contribution >= 0.6 is 0 Å². The predicted octanol–water partition coefficient (Wildman–Crippen LogP) is 5.45. The topological polar surface area (TPSA) is 32.3 Å². The molecule has 1 N–H and O–H groups in total. The van der Waals surface area contributed by atoms with Gasteiger partial charge < -0.3 is 5.32 Å². The fourth-order valence-electron chi connectivity index (χ4n) is 3.77. The van der Waals surface area contributed by atoms with Crippen molar-refractivity contribution in [2.45, 2.75) is 45.7 Å². The van der Waals surface area contributed by atoms with Crippen molar-refractivity contribution < 1.29 is 4.79 Å². The van der Waals surface area contributed by atoms with Crippen molar-refractivity contribution in [3.8, 4) is 0 Å². The van der Waals surface area contributed by atoms with Crippen LogP contribution in [0.3, 0.4) is 0 Å². The van der Waals surface area contributed by atoms with Crippen molar-refractivity contribution in [1.29, 1.82) is 0 Å². The Labute approximate surface area is 167 Å². The summed E-state index contributed by atoms with van der Waals surface area (Å²) in [6.07, 6.45) is 3.00. The van der Waals surface area contributed by atoms with Gasteiger partial charge in [-0.1, -0.05) is 48.5 Å². The molecule has 0 saturated heterocycles. The van der Waals surface area contributed by atoms with Crippen molar-refractivity contribution in [1.82, 2.24) is 4.90 Å². The van der Waals surface area contributed by atoms with Gasteiger partial charge in [0.05, 0.1) is 0 Å². The number of hydrogen-bond donors (Lipinski definition) is 1. The van der Waals surface area contributed by atoms with Gasteiger partial charge in [-0.2, -0.15) is 0 Å². The monoisotopic (exact) mass is 372 g/mol. The molecule has 3 nitrogen and oxygen atoms in total. The Hall–Kier alpha value is -2.65. The second-order valence-corrected chi connectivity index (χ2v) is 7.94. The van der Waals surface area contributed by atoms with Crippen molar-refractivity contribution in [3.63, 3.8) is 0 Å². The van der Waals surface area contributed by atoms with Crippen LogP contribution in [0.2, 0.25) is 0 Å². The Morgan fingerprint density at radius 2 is 1.79 bits per heavy atom. The van der Waals surface area contributed by atoms with Crippen molar-refractivity contribution >= 4 is 22.4 Å². The minimum absolute atomic E-state index is 0.0897. The Kier molecular flexibility index (Phi) is 5.45. The molecule has 3 aromatic rings. The Morgan fingerprint density at radius 3 is 2.57 bits per heavy atom. The quantitative estimate of drug-likeness (QED) is 0.598. The molecule has 0 heterocycles. The van der Waals surface area contributed by atoms with Gasteiger partial charge in [-0.05, 0) is 66.3 Å². The van der Waals surface area contributed by atoms with Crippen molar-refractivity contribution in [2.75, 3.05) is 11.9 Å². The van der Waals surface area contributed by atoms with Crippen LogP contribution in [0, 0.1) is 13.8 Å². The van der Waals surface area contributed by atoms with E-state index in [4.69, 9.17) is 0 Å². The smallest absolute Gasteiger partial charge is 0.225 e. The molecule has 3 aromatic carbocycles. The average molecular weight is 373 g/mol. The van der Waals surface area contributed by atoms with E-state index in [2.05, 4.69) is 72.6 Å². The number of hydrogen-bond acceptors (Lipinski definition) is 2. The number of anilines is 1. The van der Waals surface area contributed by atoms with Crippen molar-refractivity contribution in [2.24, 2.45) is 0 Å². The molecule has 0 aliphatic heterocycles. The average Bonchev–Trinajstić information content (AvgIpc) is 3.53. The maximum absolute atomic E-state index is 12.5. The number of nitrogens with zero attached hydrogens (tertiary/aromatic N) is 1. The molecule has 0 unspecified atom stereocenters. The van der Waals surface area contributed by atoms with E-state index < -0.39 is 0 Å². The van der Waals surface area contributed by atoms with Crippen LogP contribution in [0.25, 0.3) is 10.8 Å². The lowest BCUT2D eigenvalue weighted by Gasteiger charge is -2.22. The standard InChI is InChI=1S/C25H28N2O/c1-18-10-11-22(16-19(18)2)26-25(28)14-15-27(23-12-13-23)17-21-8-5-7-20-6-3-4-9-24(20)21/h3-11,16,23H,12-15,17H2,1-2H3,(H,26,28). The molecule has 3 heteroatoms. The SMILES string of the molecule is Cc1ccc(NC(=O)CCN(Cc2cccc3ccccc23)C2CC2)cc1C. The predicted molar refractivity (Wildman–Crippen MR) is 117 cm³/mol. The van der Waals surface area contributed by atoms with Crippen LogP contribution in [0.5, 0.6) is 0 Å². The maximum atomic E-state index is 12.5. The summed E-state index contributed by atoms with van der Waals surface area (Å²) in [5.74, 6) is 0.0897. The van der Waals surface area contributed by atoms with E-state index in [0.717, 1.165) is 18.8 Å². The molecular formula is C25H28N2O. The fourth-order valence-corrected chi connectivity index (χ4v) is 3.77. The van der Waals surface area contributed by atoms with Gasteiger partial charge in [-0.15, -0.1) is 0 Å². The third-order valence-electron chi connectivity index (χ3n) is 5.73. The first kappa shape index (κ1) is 18.7. The van der Waals surface area contributed by atoms with Crippen LogP contribution in [0.4, 0.5) is 5.69 Å². The zero-order chi connectivity index (χ0) is 19.5. The molecule has 0 aromatic heterocycles. The van der Waals surface area contributed by atoms with Crippen LogP contribution in [-0.4, -0.2) is 23.4 Å². The first-order chi connectivity index (χ1) is 13.6. The zero-order valence-electron chi connectivity index (χ0n) is 16.7. The lowest BCUT2D eigenvalue weighted by molar-refractivity contribution is -0.116. The highest BCUT2D eigenvalue weighted by Crippen LogP contribution is 2.30. The van der Waals surface area contributed by atoms with Gasteiger partial charge in [-0.3, -0.25) is 9.69 Å². The molecule has 1 aliphatic rings. The van der Waals surface area contributed by atoms with E-state index in [-0.39, 0.29) is 5.91 Å². The second-order valence-electron chi connectivity index (χ2n) is 7.94. The third kappa shape index (κ3) is 4.42. The third-order valence-corrected chi connectivity index (χ3v) is 5.73. The number of fused-ring (bicyclic) bond motifs is 1. The van der Waals surface area contributed by atoms with Gasteiger partial charge in [0.25, 0.3) is 0 Å². The van der Waals surface area contributed by atoms with E-state index in [9.17, 15) is 4.79 Å². The summed E-state index contributed by atoms with van der Waals surface area (Å²) in [6.45, 7) is 5.86. The van der Waals surface area contributed by atoms with E-state index >= 15 is 0 Å². The molecule has 1 aliphatic carbocycles. The molecule has 0 atom stereocenters. The highest BCUT2D eigenvalue weighted by atomic mass is 16.1. The normalized spacial score (nSPS) is 13.8. The molecular weight excluding hydrogens is 344 g/mol. The van der Waals surface area contributed by atoms with Crippen molar-refractivity contribution in [3.05, 3.63) is 77.4 Å². The van der Waals surface area contributed by atoms with Gasteiger partial charge in [-0.25, -0.2) is 0 Å². The lowest BCUT2D eigenvalue weighted by atomic mass is 10.0. The molecule has 144 valence electrons. The highest BCUT2D eigenvalue weighted by molar-refractivity contribution is 5.91. The highest BCUT2D eigenvalue weighted by Gasteiger charge is 2.29. The molecule has 0 radical (unpaired) electrons. The molecule has 0 spiro atoms. The second kappa shape index (κ2) is 8.15. The van der Waals surface area contributed by atoms with Crippen LogP contribution in [0.15, 0.2) is 60.7 Å². The summed E-state index contributed by atoms with van der Waals surface area (Å²) < 4.78 is 0. The lowest BCUT2D eigenvalue weighted by Crippen LogP contribution is -2.29. The number of benzene rings is 3. The zero-order valence-corrected chi connectivity index (χ0v) is 16.7. The summed E-state index contributed by atoms with van der Waals surface area (Å²) in [4.78, 5) is 15.0. The number of rotatable bonds is 7. The summed E-state index contributed by atoms with van der Waals surface area (Å²) >= 11 is 0. The Balaban J connectivity index is 1.40. The molecule has 1 saturated carbocycles. The Morgan fingerprint density at radius 1 is 1.00 bits per heavy atom. The first-order valence-electron chi connectivity index (χ1n) is 10.2. The summed E-state index contributed by atoms with van der Waals surface area (Å²) in [5, 5.41) is 5.65. The van der Waals surface area contributed by atoms with Crippen LogP contribution in [-0.2, 0) is 11.3 Å². The van der Waals surface area contributed by atoms with E-state index in [1.807, 2.05) is 12.1 Å². The molecule has 1 fully saturated rings. The largest absolute Gasteiger partial charge is 0.326 e. The maximum Gasteiger partial charge on any atom is 0.225 e. The minimum Gasteiger partial charge on any atom is -0.326 e. The number of nitrogens with one attached hydrogen (secondary N) is 1. The van der Waals surface area contributed by atoms with Gasteiger partial charge in [0, 0.05) is 31.2 Å². The number of carbonyl (C=O) groups is 1. The van der Waals surface area contributed by atoms with Gasteiger partial charge in [0.2, 0.25) is 5.91 Å². The summed E-state index contributed by atoms with van der Waals surface area (Å²) in [7, 11) is 0. The molecule has 28 heavy (non-hydrogen) atoms. The van der Waals surface area contributed by atoms with E-state index in [1.165, 1.54) is 40.3 Å². The first-order valence-corrected chi connectivity index (χ1v) is 10.2. The summed E-state index contributed by atoms with van der Waals surface area (Å²) in [5.41, 5.74) is 4.68. The summed E-state index contributed by atoms with van der Waals surface area (Å²) in [6, 6.07) is 21.8.